The highest BCUT2D eigenvalue weighted by atomic mass is 35.5. The van der Waals surface area contributed by atoms with Crippen molar-refractivity contribution in [1.29, 1.82) is 0 Å². The molecule has 0 unspecified atom stereocenters. The van der Waals surface area contributed by atoms with Gasteiger partial charge in [-0.25, -0.2) is 4.79 Å². The second-order valence-electron chi connectivity index (χ2n) is 4.64. The van der Waals surface area contributed by atoms with Gasteiger partial charge in [0.05, 0.1) is 17.4 Å². The third-order valence-corrected chi connectivity index (χ3v) is 3.97. The molecule has 0 radical (unpaired) electrons. The second-order valence-corrected chi connectivity index (χ2v) is 6.44. The van der Waals surface area contributed by atoms with Crippen LogP contribution in [0.5, 0.6) is 0 Å². The van der Waals surface area contributed by atoms with Crippen LogP contribution in [0, 0.1) is 0 Å². The van der Waals surface area contributed by atoms with Gasteiger partial charge in [0.1, 0.15) is 0 Å². The van der Waals surface area contributed by atoms with Gasteiger partial charge in [0.2, 0.25) is 0 Å². The van der Waals surface area contributed by atoms with Gasteiger partial charge in [-0.15, -0.1) is 11.3 Å². The second kappa shape index (κ2) is 6.76. The van der Waals surface area contributed by atoms with E-state index in [0.717, 1.165) is 9.21 Å². The van der Waals surface area contributed by atoms with Gasteiger partial charge in [-0.3, -0.25) is 4.68 Å². The smallest absolute Gasteiger partial charge is 0.317 e. The van der Waals surface area contributed by atoms with Crippen LogP contribution in [0.2, 0.25) is 4.34 Å². The zero-order valence-electron chi connectivity index (χ0n) is 11.4. The van der Waals surface area contributed by atoms with Crippen molar-refractivity contribution >= 4 is 29.0 Å². The molecule has 1 N–H and O–H groups in total. The number of rotatable bonds is 5. The maximum atomic E-state index is 12.0. The zero-order valence-corrected chi connectivity index (χ0v) is 13.0. The number of halogens is 1. The van der Waals surface area contributed by atoms with Gasteiger partial charge in [-0.1, -0.05) is 11.6 Å². The Morgan fingerprint density at radius 2 is 2.40 bits per heavy atom. The molecule has 108 valence electrons. The number of hydrogen-bond donors (Lipinski definition) is 1. The van der Waals surface area contributed by atoms with Gasteiger partial charge in [0, 0.05) is 30.4 Å². The minimum absolute atomic E-state index is 0.0109. The zero-order chi connectivity index (χ0) is 14.5. The number of carbonyl (C=O) groups excluding carboxylic acids is 1. The molecule has 7 heteroatoms. The van der Waals surface area contributed by atoms with Crippen molar-refractivity contribution in [2.45, 2.75) is 26.1 Å². The lowest BCUT2D eigenvalue weighted by molar-refractivity contribution is 0.202. The Kier molecular flexibility index (Phi) is 5.03. The molecule has 0 bridgehead atoms. The summed E-state index contributed by atoms with van der Waals surface area (Å²) in [5, 5.41) is 7.06. The lowest BCUT2D eigenvalue weighted by Gasteiger charge is -2.21. The van der Waals surface area contributed by atoms with E-state index in [1.165, 1.54) is 11.3 Å². The molecule has 0 aliphatic heterocycles. The van der Waals surface area contributed by atoms with Gasteiger partial charge in [0.25, 0.3) is 0 Å². The van der Waals surface area contributed by atoms with Crippen molar-refractivity contribution in [2.24, 2.45) is 0 Å². The predicted octanol–water partition coefficient (Wildman–Crippen LogP) is 2.83. The number of thiophene rings is 1. The van der Waals surface area contributed by atoms with Crippen molar-refractivity contribution in [2.75, 3.05) is 7.05 Å². The molecule has 20 heavy (non-hydrogen) atoms. The largest absolute Gasteiger partial charge is 0.334 e. The molecule has 0 saturated carbocycles. The van der Waals surface area contributed by atoms with E-state index >= 15 is 0 Å². The molecular formula is C13H17ClN4OS. The highest BCUT2D eigenvalue weighted by Crippen LogP contribution is 2.22. The van der Waals surface area contributed by atoms with Crippen molar-refractivity contribution in [3.8, 4) is 0 Å². The summed E-state index contributed by atoms with van der Waals surface area (Å²) in [5.41, 5.74) is 0. The fourth-order valence-corrected chi connectivity index (χ4v) is 2.94. The third kappa shape index (κ3) is 4.25. The van der Waals surface area contributed by atoms with Crippen LogP contribution in [0.15, 0.2) is 30.6 Å². The maximum absolute atomic E-state index is 12.0. The first-order chi connectivity index (χ1) is 9.54. The summed E-state index contributed by atoms with van der Waals surface area (Å²) < 4.78 is 2.53. The highest BCUT2D eigenvalue weighted by molar-refractivity contribution is 7.16. The van der Waals surface area contributed by atoms with E-state index in [9.17, 15) is 4.79 Å². The van der Waals surface area contributed by atoms with Gasteiger partial charge < -0.3 is 10.2 Å². The van der Waals surface area contributed by atoms with Gasteiger partial charge in [0.15, 0.2) is 0 Å². The fraction of sp³-hybridized carbons (Fsp3) is 0.385. The maximum Gasteiger partial charge on any atom is 0.317 e. The molecule has 2 rings (SSSR count). The van der Waals surface area contributed by atoms with E-state index in [4.69, 9.17) is 11.6 Å². The van der Waals surface area contributed by atoms with Crippen LogP contribution in [0.3, 0.4) is 0 Å². The van der Waals surface area contributed by atoms with Crippen LogP contribution in [0.1, 0.15) is 11.8 Å². The Morgan fingerprint density at radius 1 is 1.60 bits per heavy atom. The van der Waals surface area contributed by atoms with Crippen LogP contribution in [0.25, 0.3) is 0 Å². The molecule has 0 aliphatic rings. The molecule has 2 amide bonds. The number of nitrogens with one attached hydrogen (secondary N) is 1. The molecule has 0 aliphatic carbocycles. The Balaban J connectivity index is 1.81. The quantitative estimate of drug-likeness (QED) is 0.923. The molecule has 0 saturated heterocycles. The third-order valence-electron chi connectivity index (χ3n) is 2.76. The number of amides is 2. The summed E-state index contributed by atoms with van der Waals surface area (Å²) in [6, 6.07) is 5.55. The van der Waals surface area contributed by atoms with E-state index in [1.807, 2.05) is 31.3 Å². The van der Waals surface area contributed by atoms with Gasteiger partial charge >= 0.3 is 6.03 Å². The molecule has 0 spiro atoms. The minimum Gasteiger partial charge on any atom is -0.334 e. The van der Waals surface area contributed by atoms with Crippen molar-refractivity contribution in [3.05, 3.63) is 39.8 Å². The van der Waals surface area contributed by atoms with Crippen LogP contribution >= 0.6 is 22.9 Å². The monoisotopic (exact) mass is 312 g/mol. The van der Waals surface area contributed by atoms with E-state index < -0.39 is 0 Å². The van der Waals surface area contributed by atoms with Crippen LogP contribution in [0.4, 0.5) is 4.79 Å². The minimum atomic E-state index is -0.103. The number of hydrogen-bond acceptors (Lipinski definition) is 3. The molecule has 5 nitrogen and oxygen atoms in total. The first-order valence-electron chi connectivity index (χ1n) is 6.28. The van der Waals surface area contributed by atoms with E-state index in [1.54, 1.807) is 22.8 Å². The first-order valence-corrected chi connectivity index (χ1v) is 7.47. The summed E-state index contributed by atoms with van der Waals surface area (Å²) in [6.07, 6.45) is 3.60. The molecule has 2 aromatic rings. The summed E-state index contributed by atoms with van der Waals surface area (Å²) >= 11 is 7.36. The van der Waals surface area contributed by atoms with Crippen LogP contribution in [-0.2, 0) is 13.1 Å². The number of nitrogens with zero attached hydrogens (tertiary/aromatic N) is 3. The lowest BCUT2D eigenvalue weighted by atomic mass is 10.3. The standard InChI is InChI=1S/C13H17ClN4OS/c1-10(8-18-7-3-6-15-18)16-13(19)17(2)9-11-4-5-12(14)20-11/h3-7,10H,8-9H2,1-2H3,(H,16,19)/t10-/m0/s1. The Labute approximate surface area is 127 Å². The first kappa shape index (κ1) is 14.9. The summed E-state index contributed by atoms with van der Waals surface area (Å²) in [7, 11) is 1.77. The Morgan fingerprint density at radius 3 is 3.00 bits per heavy atom. The van der Waals surface area contributed by atoms with Crippen molar-refractivity contribution < 1.29 is 4.79 Å². The predicted molar refractivity (Wildman–Crippen MR) is 81.0 cm³/mol. The average Bonchev–Trinajstić information content (AvgIpc) is 3.01. The van der Waals surface area contributed by atoms with Gasteiger partial charge in [-0.2, -0.15) is 5.10 Å². The number of aromatic nitrogens is 2. The molecule has 2 aromatic heterocycles. The molecule has 1 atom stereocenters. The SMILES string of the molecule is C[C@@H](Cn1cccn1)NC(=O)N(C)Cc1ccc(Cl)s1. The van der Waals surface area contributed by atoms with E-state index in [-0.39, 0.29) is 12.1 Å². The lowest BCUT2D eigenvalue weighted by Crippen LogP contribution is -2.43. The van der Waals surface area contributed by atoms with Crippen LogP contribution < -0.4 is 5.32 Å². The van der Waals surface area contributed by atoms with Crippen molar-refractivity contribution in [3.63, 3.8) is 0 Å². The Hall–Kier alpha value is -1.53. The highest BCUT2D eigenvalue weighted by Gasteiger charge is 2.13. The van der Waals surface area contributed by atoms with E-state index in [2.05, 4.69) is 10.4 Å². The molecular weight excluding hydrogens is 296 g/mol. The fourth-order valence-electron chi connectivity index (χ4n) is 1.80. The molecule has 0 fully saturated rings. The van der Waals surface area contributed by atoms with Gasteiger partial charge in [-0.05, 0) is 25.1 Å². The van der Waals surface area contributed by atoms with Crippen molar-refractivity contribution in [1.82, 2.24) is 20.0 Å². The van der Waals surface area contributed by atoms with E-state index in [0.29, 0.717) is 13.1 Å². The summed E-state index contributed by atoms with van der Waals surface area (Å²) in [4.78, 5) is 14.8. The van der Waals surface area contributed by atoms with Crippen LogP contribution in [-0.4, -0.2) is 33.8 Å². The molecule has 2 heterocycles. The summed E-state index contributed by atoms with van der Waals surface area (Å²) in [6.45, 7) is 3.16. The Bertz CT molecular complexity index is 554. The summed E-state index contributed by atoms with van der Waals surface area (Å²) in [5.74, 6) is 0. The normalized spacial score (nSPS) is 12.2. The average molecular weight is 313 g/mol. The topological polar surface area (TPSA) is 50.2 Å². The number of urea groups is 1. The number of carbonyl (C=O) groups is 1. The molecule has 0 aromatic carbocycles.